The Labute approximate surface area is 128 Å². The quantitative estimate of drug-likeness (QED) is 0.529. The van der Waals surface area contributed by atoms with E-state index in [4.69, 9.17) is 4.98 Å². The number of benzene rings is 1. The highest BCUT2D eigenvalue weighted by atomic mass is 15.2. The van der Waals surface area contributed by atoms with Crippen molar-refractivity contribution in [2.75, 3.05) is 0 Å². The van der Waals surface area contributed by atoms with E-state index in [1.165, 1.54) is 0 Å². The fourth-order valence-electron chi connectivity index (χ4n) is 2.43. The van der Waals surface area contributed by atoms with Crippen LogP contribution in [0.2, 0.25) is 0 Å². The van der Waals surface area contributed by atoms with Crippen LogP contribution in [0, 0.1) is 0 Å². The number of aromatic nitrogens is 4. The molecule has 0 N–H and O–H groups in total. The maximum Gasteiger partial charge on any atom is 0.478 e. The average molecular weight is 286 g/mol. The smallest absolute Gasteiger partial charge is 0.203 e. The predicted molar refractivity (Wildman–Crippen MR) is 82.6 cm³/mol. The monoisotopic (exact) mass is 286 g/mol. The fourth-order valence-corrected chi connectivity index (χ4v) is 2.43. The summed E-state index contributed by atoms with van der Waals surface area (Å²) in [5.74, 6) is 1.53. The zero-order valence-corrected chi connectivity index (χ0v) is 11.9. The van der Waals surface area contributed by atoms with Gasteiger partial charge in [-0.05, 0) is 36.4 Å². The summed E-state index contributed by atoms with van der Waals surface area (Å²) < 4.78 is 3.93. The van der Waals surface area contributed by atoms with Crippen molar-refractivity contribution in [3.05, 3.63) is 85.5 Å². The predicted octanol–water partition coefficient (Wildman–Crippen LogP) is 2.18. The Morgan fingerprint density at radius 2 is 1.23 bits per heavy atom. The highest BCUT2D eigenvalue weighted by molar-refractivity contribution is 5.83. The lowest BCUT2D eigenvalue weighted by Gasteiger charge is -2.00. The van der Waals surface area contributed by atoms with Gasteiger partial charge in [-0.2, -0.15) is 4.57 Å². The van der Waals surface area contributed by atoms with Crippen molar-refractivity contribution < 1.29 is 9.13 Å². The van der Waals surface area contributed by atoms with Crippen LogP contribution in [-0.2, 0) is 0 Å². The molecule has 0 bridgehead atoms. The van der Waals surface area contributed by atoms with Crippen molar-refractivity contribution in [3.8, 4) is 11.8 Å². The molecule has 0 aliphatic rings. The first-order valence-corrected chi connectivity index (χ1v) is 7.12. The van der Waals surface area contributed by atoms with Crippen LogP contribution in [0.1, 0.15) is 0 Å². The Hall–Kier alpha value is -3.14. The van der Waals surface area contributed by atoms with Crippen LogP contribution in [0.5, 0.6) is 0 Å². The van der Waals surface area contributed by atoms with Crippen molar-refractivity contribution >= 4 is 10.9 Å². The first-order valence-electron chi connectivity index (χ1n) is 7.12. The zero-order chi connectivity index (χ0) is 14.8. The molecule has 4 aromatic rings. The second kappa shape index (κ2) is 5.33. The Bertz CT molecular complexity index is 921. The number of para-hydroxylation sites is 1. The van der Waals surface area contributed by atoms with E-state index in [0.717, 1.165) is 16.7 Å². The molecule has 22 heavy (non-hydrogen) atoms. The third-order valence-corrected chi connectivity index (χ3v) is 3.48. The molecule has 0 amide bonds. The maximum absolute atomic E-state index is 4.76. The van der Waals surface area contributed by atoms with E-state index in [1.54, 1.807) is 0 Å². The molecule has 3 aromatic heterocycles. The van der Waals surface area contributed by atoms with Crippen molar-refractivity contribution in [2.45, 2.75) is 0 Å². The first-order chi connectivity index (χ1) is 10.9. The van der Waals surface area contributed by atoms with Crippen LogP contribution in [0.25, 0.3) is 22.7 Å². The molecule has 1 aromatic carbocycles. The number of pyridine rings is 2. The van der Waals surface area contributed by atoms with E-state index < -0.39 is 0 Å². The summed E-state index contributed by atoms with van der Waals surface area (Å²) in [5.41, 5.74) is 0.926. The highest BCUT2D eigenvalue weighted by Crippen LogP contribution is 2.15. The highest BCUT2D eigenvalue weighted by Gasteiger charge is 2.22. The fraction of sp³-hybridized carbons (Fsp3) is 0. The van der Waals surface area contributed by atoms with Crippen LogP contribution in [-0.4, -0.2) is 9.97 Å². The second-order valence-corrected chi connectivity index (χ2v) is 4.93. The van der Waals surface area contributed by atoms with Gasteiger partial charge in [0.1, 0.15) is 5.39 Å². The first kappa shape index (κ1) is 12.6. The SMILES string of the molecule is c1cc[n+](-c2nc(-[n+]3ccccc3)c3ccccc3n2)cc1. The van der Waals surface area contributed by atoms with Gasteiger partial charge in [0.15, 0.2) is 5.52 Å². The Kier molecular flexibility index (Phi) is 3.05. The summed E-state index contributed by atoms with van der Waals surface area (Å²) in [4.78, 5) is 9.43. The van der Waals surface area contributed by atoms with Crippen molar-refractivity contribution in [1.29, 1.82) is 0 Å². The van der Waals surface area contributed by atoms with Gasteiger partial charge >= 0.3 is 11.8 Å². The molecule has 4 rings (SSSR count). The molecule has 4 nitrogen and oxygen atoms in total. The van der Waals surface area contributed by atoms with E-state index in [-0.39, 0.29) is 0 Å². The van der Waals surface area contributed by atoms with Crippen LogP contribution in [0.15, 0.2) is 85.5 Å². The van der Waals surface area contributed by atoms with Gasteiger partial charge in [0.05, 0.1) is 24.8 Å². The van der Waals surface area contributed by atoms with Gasteiger partial charge < -0.3 is 0 Å². The lowest BCUT2D eigenvalue weighted by atomic mass is 10.2. The van der Waals surface area contributed by atoms with Crippen LogP contribution in [0.4, 0.5) is 0 Å². The molecular formula is C18H14N4+2. The molecule has 0 spiro atoms. The molecule has 0 aliphatic carbocycles. The van der Waals surface area contributed by atoms with E-state index >= 15 is 0 Å². The topological polar surface area (TPSA) is 33.5 Å². The summed E-state index contributed by atoms with van der Waals surface area (Å²) in [6, 6.07) is 19.9. The summed E-state index contributed by atoms with van der Waals surface area (Å²) in [5, 5.41) is 1.03. The number of hydrogen-bond acceptors (Lipinski definition) is 2. The largest absolute Gasteiger partial charge is 0.478 e. The minimum atomic E-state index is 0.658. The van der Waals surface area contributed by atoms with Crippen molar-refractivity contribution in [1.82, 2.24) is 9.97 Å². The van der Waals surface area contributed by atoms with Crippen LogP contribution >= 0.6 is 0 Å². The molecule has 4 heteroatoms. The molecule has 0 aliphatic heterocycles. The van der Waals surface area contributed by atoms with E-state index in [0.29, 0.717) is 5.95 Å². The molecule has 0 unspecified atom stereocenters. The standard InChI is InChI=1S/C18H14N4/c1-5-11-21(12-6-1)17-15-9-3-4-10-16(15)19-18(20-17)22-13-7-2-8-14-22/h1-14H/q+2. The third kappa shape index (κ3) is 2.20. The molecule has 0 radical (unpaired) electrons. The molecule has 0 fully saturated rings. The lowest BCUT2D eigenvalue weighted by molar-refractivity contribution is -0.613. The molecule has 0 saturated carbocycles. The van der Waals surface area contributed by atoms with E-state index in [2.05, 4.69) is 4.98 Å². The Morgan fingerprint density at radius 1 is 0.591 bits per heavy atom. The summed E-state index contributed by atoms with van der Waals surface area (Å²) >= 11 is 0. The van der Waals surface area contributed by atoms with Gasteiger partial charge in [-0.3, -0.25) is 0 Å². The van der Waals surface area contributed by atoms with Gasteiger partial charge in [0.2, 0.25) is 0 Å². The van der Waals surface area contributed by atoms with Crippen LogP contribution < -0.4 is 9.13 Å². The van der Waals surface area contributed by atoms with Gasteiger partial charge in [-0.1, -0.05) is 29.2 Å². The Balaban J connectivity index is 2.02. The zero-order valence-electron chi connectivity index (χ0n) is 11.9. The number of hydrogen-bond donors (Lipinski definition) is 0. The van der Waals surface area contributed by atoms with E-state index in [9.17, 15) is 0 Å². The van der Waals surface area contributed by atoms with E-state index in [1.807, 2.05) is 94.6 Å². The molecular weight excluding hydrogens is 272 g/mol. The molecule has 0 saturated heterocycles. The average Bonchev–Trinajstić information content (AvgIpc) is 2.62. The molecule has 104 valence electrons. The van der Waals surface area contributed by atoms with Gasteiger partial charge in [0, 0.05) is 4.98 Å². The number of fused-ring (bicyclic) bond motifs is 1. The Morgan fingerprint density at radius 3 is 1.95 bits per heavy atom. The minimum absolute atomic E-state index is 0.658. The lowest BCUT2D eigenvalue weighted by Crippen LogP contribution is -2.36. The van der Waals surface area contributed by atoms with Crippen LogP contribution in [0.3, 0.4) is 0 Å². The number of rotatable bonds is 2. The van der Waals surface area contributed by atoms with Gasteiger partial charge in [-0.25, -0.2) is 4.57 Å². The summed E-state index contributed by atoms with van der Waals surface area (Å²) in [6.07, 6.45) is 7.88. The normalized spacial score (nSPS) is 10.7. The number of nitrogens with zero attached hydrogens (tertiary/aromatic N) is 4. The summed E-state index contributed by atoms with van der Waals surface area (Å²) in [6.45, 7) is 0. The molecule has 3 heterocycles. The second-order valence-electron chi connectivity index (χ2n) is 4.93. The van der Waals surface area contributed by atoms with Gasteiger partial charge in [0.25, 0.3) is 0 Å². The van der Waals surface area contributed by atoms with Crippen molar-refractivity contribution in [2.24, 2.45) is 0 Å². The van der Waals surface area contributed by atoms with Crippen molar-refractivity contribution in [3.63, 3.8) is 0 Å². The van der Waals surface area contributed by atoms with Gasteiger partial charge in [-0.15, -0.1) is 0 Å². The molecule has 0 atom stereocenters. The minimum Gasteiger partial charge on any atom is -0.203 e. The maximum atomic E-state index is 4.76. The third-order valence-electron chi connectivity index (χ3n) is 3.48. The summed E-state index contributed by atoms with van der Waals surface area (Å²) in [7, 11) is 0.